The van der Waals surface area contributed by atoms with Gasteiger partial charge in [-0.3, -0.25) is 9.59 Å². The minimum atomic E-state index is -3.79. The second-order valence-electron chi connectivity index (χ2n) is 6.68. The van der Waals surface area contributed by atoms with Crippen molar-refractivity contribution in [1.29, 1.82) is 0 Å². The zero-order valence-electron chi connectivity index (χ0n) is 14.9. The van der Waals surface area contributed by atoms with Crippen molar-refractivity contribution in [3.63, 3.8) is 0 Å². The molecule has 0 unspecified atom stereocenters. The topological polar surface area (TPSA) is 110 Å². The zero-order chi connectivity index (χ0) is 19.6. The number of nitrogens with zero attached hydrogens (tertiary/aromatic N) is 1. The van der Waals surface area contributed by atoms with E-state index in [0.29, 0.717) is 23.7 Å². The summed E-state index contributed by atoms with van der Waals surface area (Å²) in [7, 11) is -2.13. The Hall–Kier alpha value is -2.71. The summed E-state index contributed by atoms with van der Waals surface area (Å²) >= 11 is 0. The third-order valence-corrected chi connectivity index (χ3v) is 5.25. The molecule has 1 fully saturated rings. The Bertz CT molecular complexity index is 949. The Labute approximate surface area is 158 Å². The van der Waals surface area contributed by atoms with Gasteiger partial charge in [0.2, 0.25) is 10.0 Å². The predicted molar refractivity (Wildman–Crippen MR) is 101 cm³/mol. The molecule has 2 aromatic rings. The van der Waals surface area contributed by atoms with E-state index in [2.05, 4.69) is 5.32 Å². The lowest BCUT2D eigenvalue weighted by Gasteiger charge is -2.17. The van der Waals surface area contributed by atoms with Crippen molar-refractivity contribution in [2.75, 3.05) is 7.05 Å². The van der Waals surface area contributed by atoms with Crippen LogP contribution in [0.5, 0.6) is 0 Å². The molecule has 0 bridgehead atoms. The van der Waals surface area contributed by atoms with Crippen molar-refractivity contribution in [3.8, 4) is 0 Å². The molecule has 0 radical (unpaired) electrons. The number of primary sulfonamides is 1. The van der Waals surface area contributed by atoms with E-state index in [1.54, 1.807) is 19.2 Å². The number of carbonyl (C=O) groups is 2. The Morgan fingerprint density at radius 2 is 1.59 bits per heavy atom. The summed E-state index contributed by atoms with van der Waals surface area (Å²) in [5.74, 6) is -0.324. The third-order valence-electron chi connectivity index (χ3n) is 4.32. The number of amides is 2. The molecule has 0 aromatic heterocycles. The van der Waals surface area contributed by atoms with E-state index in [1.165, 1.54) is 29.2 Å². The van der Waals surface area contributed by atoms with Gasteiger partial charge in [-0.05, 0) is 54.8 Å². The molecule has 3 N–H and O–H groups in total. The van der Waals surface area contributed by atoms with Crippen molar-refractivity contribution in [1.82, 2.24) is 10.2 Å². The van der Waals surface area contributed by atoms with E-state index >= 15 is 0 Å². The van der Waals surface area contributed by atoms with Gasteiger partial charge in [-0.2, -0.15) is 0 Å². The summed E-state index contributed by atoms with van der Waals surface area (Å²) in [4.78, 5) is 26.0. The maximum Gasteiger partial charge on any atom is 0.253 e. The van der Waals surface area contributed by atoms with E-state index < -0.39 is 10.0 Å². The summed E-state index contributed by atoms with van der Waals surface area (Å²) < 4.78 is 22.6. The molecule has 8 heteroatoms. The van der Waals surface area contributed by atoms with E-state index in [0.717, 1.165) is 18.4 Å². The summed E-state index contributed by atoms with van der Waals surface area (Å²) in [6, 6.07) is 12.9. The Kier molecular flexibility index (Phi) is 5.29. The van der Waals surface area contributed by atoms with Gasteiger partial charge in [0.15, 0.2) is 0 Å². The number of hydrogen-bond acceptors (Lipinski definition) is 4. The van der Waals surface area contributed by atoms with Crippen molar-refractivity contribution in [2.24, 2.45) is 5.14 Å². The van der Waals surface area contributed by atoms with Gasteiger partial charge in [-0.1, -0.05) is 12.1 Å². The van der Waals surface area contributed by atoms with Crippen LogP contribution in [0.15, 0.2) is 53.4 Å². The number of nitrogens with one attached hydrogen (secondary N) is 1. The minimum Gasteiger partial charge on any atom is -0.349 e. The highest BCUT2D eigenvalue weighted by Gasteiger charge is 2.23. The molecule has 0 saturated heterocycles. The molecule has 0 heterocycles. The molecule has 1 saturated carbocycles. The summed E-state index contributed by atoms with van der Waals surface area (Å²) in [6.45, 7) is 0.361. The van der Waals surface area contributed by atoms with Crippen LogP contribution in [0, 0.1) is 0 Å². The average Bonchev–Trinajstić information content (AvgIpc) is 3.45. The standard InChI is InChI=1S/C19H21N3O4S/c1-22(19(24)15-6-10-17(11-7-15)27(20,25)26)12-13-2-4-14(5-3-13)18(23)21-16-8-9-16/h2-7,10-11,16H,8-9,12H2,1H3,(H,21,23)(H2,20,25,26). The molecule has 2 amide bonds. The lowest BCUT2D eigenvalue weighted by molar-refractivity contribution is 0.0784. The van der Waals surface area contributed by atoms with Crippen LogP contribution in [0.1, 0.15) is 39.1 Å². The summed E-state index contributed by atoms with van der Waals surface area (Å²) in [5.41, 5.74) is 1.85. The van der Waals surface area contributed by atoms with E-state index in [4.69, 9.17) is 5.14 Å². The minimum absolute atomic E-state index is 0.0400. The van der Waals surface area contributed by atoms with Gasteiger partial charge < -0.3 is 10.2 Å². The van der Waals surface area contributed by atoms with Gasteiger partial charge in [0.05, 0.1) is 4.90 Å². The largest absolute Gasteiger partial charge is 0.349 e. The molecule has 27 heavy (non-hydrogen) atoms. The SMILES string of the molecule is CN(Cc1ccc(C(=O)NC2CC2)cc1)C(=O)c1ccc(S(N)(=O)=O)cc1. The summed E-state index contributed by atoms with van der Waals surface area (Å²) in [6.07, 6.45) is 2.07. The van der Waals surface area contributed by atoms with Crippen molar-refractivity contribution < 1.29 is 18.0 Å². The first-order valence-electron chi connectivity index (χ1n) is 8.52. The first-order chi connectivity index (χ1) is 12.7. The van der Waals surface area contributed by atoms with Crippen LogP contribution in [-0.2, 0) is 16.6 Å². The molecule has 7 nitrogen and oxygen atoms in total. The maximum atomic E-state index is 12.5. The lowest BCUT2D eigenvalue weighted by Crippen LogP contribution is -2.27. The molecule has 0 aliphatic heterocycles. The Morgan fingerprint density at radius 1 is 1.04 bits per heavy atom. The van der Waals surface area contributed by atoms with Crippen LogP contribution in [0.3, 0.4) is 0 Å². The van der Waals surface area contributed by atoms with Crippen LogP contribution in [0.4, 0.5) is 0 Å². The van der Waals surface area contributed by atoms with Crippen molar-refractivity contribution in [2.45, 2.75) is 30.3 Å². The molecule has 0 atom stereocenters. The number of nitrogens with two attached hydrogens (primary N) is 1. The van der Waals surface area contributed by atoms with E-state index in [-0.39, 0.29) is 16.7 Å². The lowest BCUT2D eigenvalue weighted by atomic mass is 10.1. The van der Waals surface area contributed by atoms with Gasteiger partial charge in [-0.15, -0.1) is 0 Å². The van der Waals surface area contributed by atoms with Crippen LogP contribution in [0.25, 0.3) is 0 Å². The Balaban J connectivity index is 1.62. The quantitative estimate of drug-likeness (QED) is 0.783. The second kappa shape index (κ2) is 7.50. The second-order valence-corrected chi connectivity index (χ2v) is 8.24. The van der Waals surface area contributed by atoms with Gasteiger partial charge in [0, 0.05) is 30.8 Å². The molecule has 142 valence electrons. The average molecular weight is 387 g/mol. The number of carbonyl (C=O) groups excluding carboxylic acids is 2. The fraction of sp³-hybridized carbons (Fsp3) is 0.263. The van der Waals surface area contributed by atoms with Crippen LogP contribution >= 0.6 is 0 Å². The first kappa shape index (κ1) is 19.1. The van der Waals surface area contributed by atoms with Crippen molar-refractivity contribution in [3.05, 3.63) is 65.2 Å². The fourth-order valence-corrected chi connectivity index (χ4v) is 3.13. The molecule has 1 aliphatic carbocycles. The molecule has 1 aliphatic rings. The van der Waals surface area contributed by atoms with E-state index in [1.807, 2.05) is 12.1 Å². The van der Waals surface area contributed by atoms with Crippen LogP contribution in [-0.4, -0.2) is 38.2 Å². The normalized spacial score (nSPS) is 13.9. The highest BCUT2D eigenvalue weighted by molar-refractivity contribution is 7.89. The fourth-order valence-electron chi connectivity index (χ4n) is 2.61. The monoisotopic (exact) mass is 387 g/mol. The molecular formula is C19H21N3O4S. The zero-order valence-corrected chi connectivity index (χ0v) is 15.7. The molecule has 3 rings (SSSR count). The van der Waals surface area contributed by atoms with Crippen molar-refractivity contribution >= 4 is 21.8 Å². The smallest absolute Gasteiger partial charge is 0.253 e. The first-order valence-corrected chi connectivity index (χ1v) is 10.1. The van der Waals surface area contributed by atoms with Gasteiger partial charge in [0.25, 0.3) is 11.8 Å². The van der Waals surface area contributed by atoms with E-state index in [9.17, 15) is 18.0 Å². The predicted octanol–water partition coefficient (Wildman–Crippen LogP) is 1.50. The van der Waals surface area contributed by atoms with Crippen LogP contribution in [0.2, 0.25) is 0 Å². The highest BCUT2D eigenvalue weighted by atomic mass is 32.2. The molecule has 0 spiro atoms. The third kappa shape index (κ3) is 4.93. The number of sulfonamides is 1. The number of hydrogen-bond donors (Lipinski definition) is 2. The molecular weight excluding hydrogens is 366 g/mol. The van der Waals surface area contributed by atoms with Gasteiger partial charge >= 0.3 is 0 Å². The highest BCUT2D eigenvalue weighted by Crippen LogP contribution is 2.19. The Morgan fingerprint density at radius 3 is 2.11 bits per heavy atom. The van der Waals surface area contributed by atoms with Gasteiger partial charge in [-0.25, -0.2) is 13.6 Å². The van der Waals surface area contributed by atoms with Crippen LogP contribution < -0.4 is 10.5 Å². The number of benzene rings is 2. The summed E-state index contributed by atoms with van der Waals surface area (Å²) in [5, 5.41) is 7.99. The number of rotatable bonds is 6. The van der Waals surface area contributed by atoms with Gasteiger partial charge in [0.1, 0.15) is 0 Å². The molecule has 2 aromatic carbocycles. The maximum absolute atomic E-state index is 12.5.